The smallest absolute Gasteiger partial charge is 0.463 e. The second kappa shape index (κ2) is 10.1. The summed E-state index contributed by atoms with van der Waals surface area (Å²) < 4.78 is 74.7. The van der Waals surface area contributed by atoms with Crippen LogP contribution >= 0.6 is 11.6 Å². The highest BCUT2D eigenvalue weighted by atomic mass is 35.5. The average molecular weight is 505 g/mol. The number of hydrogen-bond acceptors (Lipinski definition) is 6. The van der Waals surface area contributed by atoms with Crippen LogP contribution in [0.25, 0.3) is 0 Å². The van der Waals surface area contributed by atoms with E-state index < -0.39 is 27.3 Å². The molecule has 0 N–H and O–H groups in total. The lowest BCUT2D eigenvalue weighted by molar-refractivity contribution is -0.145. The van der Waals surface area contributed by atoms with E-state index in [-0.39, 0.29) is 18.8 Å². The molecule has 1 aliphatic heterocycles. The molecule has 0 unspecified atom stereocenters. The van der Waals surface area contributed by atoms with Crippen molar-refractivity contribution in [3.63, 3.8) is 0 Å². The van der Waals surface area contributed by atoms with Gasteiger partial charge in [-0.25, -0.2) is 0 Å². The van der Waals surface area contributed by atoms with Crippen LogP contribution < -0.4 is 4.18 Å². The van der Waals surface area contributed by atoms with E-state index >= 15 is 0 Å². The molecule has 1 heterocycles. The van der Waals surface area contributed by atoms with Crippen LogP contribution in [0.4, 0.5) is 13.2 Å². The maximum Gasteiger partial charge on any atom is 0.534 e. The van der Waals surface area contributed by atoms with Gasteiger partial charge in [0.25, 0.3) is 0 Å². The van der Waals surface area contributed by atoms with Gasteiger partial charge in [0.2, 0.25) is 0 Å². The first kappa shape index (κ1) is 25.1. The highest BCUT2D eigenvalue weighted by Crippen LogP contribution is 2.32. The molecule has 178 valence electrons. The number of halogens is 4. The molecule has 0 radical (unpaired) electrons. The molecule has 0 aliphatic carbocycles. The summed E-state index contributed by atoms with van der Waals surface area (Å²) in [7, 11) is -5.73. The standard InChI is InChI=1S/C22H20ClF3O6S/c1-14(27)30-13-19-3-2-4-21(31-19)16-7-10-20(23)17(12-16)11-15-5-8-18(9-6-15)32-33(28,29)22(24,25)26/h2-3,5-10,12,19,21H,4,11,13H2,1H3/t19-,21-/m1/s1. The van der Waals surface area contributed by atoms with E-state index in [9.17, 15) is 26.4 Å². The van der Waals surface area contributed by atoms with Crippen molar-refractivity contribution in [2.75, 3.05) is 6.61 Å². The number of alkyl halides is 3. The minimum atomic E-state index is -5.73. The lowest BCUT2D eigenvalue weighted by Gasteiger charge is -2.26. The fraction of sp³-hybridized carbons (Fsp3) is 0.318. The second-order valence-electron chi connectivity index (χ2n) is 7.28. The Morgan fingerprint density at radius 1 is 1.18 bits per heavy atom. The monoisotopic (exact) mass is 504 g/mol. The third-order valence-corrected chi connectivity index (χ3v) is 6.09. The molecule has 0 saturated carbocycles. The number of ether oxygens (including phenoxy) is 2. The van der Waals surface area contributed by atoms with Crippen LogP contribution in [0.1, 0.15) is 36.1 Å². The van der Waals surface area contributed by atoms with Crippen LogP contribution in [0.2, 0.25) is 5.02 Å². The Kier molecular flexibility index (Phi) is 7.71. The number of hydrogen-bond donors (Lipinski definition) is 0. The van der Waals surface area contributed by atoms with Crippen molar-refractivity contribution in [1.29, 1.82) is 0 Å². The van der Waals surface area contributed by atoms with Crippen molar-refractivity contribution in [3.05, 3.63) is 76.3 Å². The molecular formula is C22H20ClF3O6S. The van der Waals surface area contributed by atoms with Gasteiger partial charge in [-0.05, 0) is 47.7 Å². The molecule has 3 rings (SSSR count). The Labute approximate surface area is 194 Å². The highest BCUT2D eigenvalue weighted by molar-refractivity contribution is 7.88. The first-order valence-electron chi connectivity index (χ1n) is 9.78. The van der Waals surface area contributed by atoms with Gasteiger partial charge in [-0.1, -0.05) is 48.0 Å². The summed E-state index contributed by atoms with van der Waals surface area (Å²) in [4.78, 5) is 11.0. The highest BCUT2D eigenvalue weighted by Gasteiger charge is 2.48. The summed E-state index contributed by atoms with van der Waals surface area (Å²) in [5.41, 5.74) is -3.21. The molecule has 33 heavy (non-hydrogen) atoms. The van der Waals surface area contributed by atoms with Crippen molar-refractivity contribution in [1.82, 2.24) is 0 Å². The zero-order valence-corrected chi connectivity index (χ0v) is 18.9. The van der Waals surface area contributed by atoms with E-state index in [4.69, 9.17) is 21.1 Å². The number of rotatable bonds is 7. The molecule has 0 bridgehead atoms. The summed E-state index contributed by atoms with van der Waals surface area (Å²) >= 11 is 6.33. The van der Waals surface area contributed by atoms with Gasteiger partial charge in [0.1, 0.15) is 18.5 Å². The lowest BCUT2D eigenvalue weighted by Crippen LogP contribution is -2.28. The van der Waals surface area contributed by atoms with Crippen molar-refractivity contribution in [2.45, 2.75) is 37.5 Å². The summed E-state index contributed by atoms with van der Waals surface area (Å²) in [6.07, 6.45) is 4.11. The van der Waals surface area contributed by atoms with Crippen LogP contribution in [-0.4, -0.2) is 32.6 Å². The van der Waals surface area contributed by atoms with E-state index in [2.05, 4.69) is 4.18 Å². The molecule has 2 atom stereocenters. The largest absolute Gasteiger partial charge is 0.534 e. The maximum atomic E-state index is 12.5. The normalized spacial score (nSPS) is 18.7. The van der Waals surface area contributed by atoms with Gasteiger partial charge in [-0.15, -0.1) is 0 Å². The zero-order chi connectivity index (χ0) is 24.2. The minimum Gasteiger partial charge on any atom is -0.463 e. The third-order valence-electron chi connectivity index (χ3n) is 4.74. The molecule has 0 spiro atoms. The summed E-state index contributed by atoms with van der Waals surface area (Å²) in [6, 6.07) is 10.6. The Bertz CT molecular complexity index is 1130. The maximum absolute atomic E-state index is 12.5. The minimum absolute atomic E-state index is 0.112. The van der Waals surface area contributed by atoms with Crippen molar-refractivity contribution in [2.24, 2.45) is 0 Å². The Hall–Kier alpha value is -2.56. The Morgan fingerprint density at radius 2 is 1.88 bits per heavy atom. The van der Waals surface area contributed by atoms with Crippen LogP contribution in [0.5, 0.6) is 5.75 Å². The quantitative estimate of drug-likeness (QED) is 0.226. The molecule has 0 amide bonds. The third kappa shape index (κ3) is 6.72. The Morgan fingerprint density at radius 3 is 2.52 bits per heavy atom. The van der Waals surface area contributed by atoms with Gasteiger partial charge in [0.05, 0.1) is 6.10 Å². The molecule has 11 heteroatoms. The summed E-state index contributed by atoms with van der Waals surface area (Å²) in [5.74, 6) is -0.840. The molecule has 2 aromatic carbocycles. The van der Waals surface area contributed by atoms with Crippen LogP contribution in [0.3, 0.4) is 0 Å². The van der Waals surface area contributed by atoms with Crippen molar-refractivity contribution in [3.8, 4) is 5.75 Å². The predicted molar refractivity (Wildman–Crippen MR) is 114 cm³/mol. The van der Waals surface area contributed by atoms with Gasteiger partial charge >= 0.3 is 21.6 Å². The summed E-state index contributed by atoms with van der Waals surface area (Å²) in [6.45, 7) is 1.44. The summed E-state index contributed by atoms with van der Waals surface area (Å²) in [5, 5.41) is 0.488. The fourth-order valence-corrected chi connectivity index (χ4v) is 3.81. The molecular weight excluding hydrogens is 485 g/mol. The molecule has 2 aromatic rings. The van der Waals surface area contributed by atoms with Crippen molar-refractivity contribution < 1.29 is 40.0 Å². The van der Waals surface area contributed by atoms with Gasteiger partial charge in [-0.3, -0.25) is 4.79 Å². The number of benzene rings is 2. The van der Waals surface area contributed by atoms with E-state index in [0.29, 0.717) is 23.4 Å². The average Bonchev–Trinajstić information content (AvgIpc) is 2.74. The van der Waals surface area contributed by atoms with Crippen LogP contribution in [0.15, 0.2) is 54.6 Å². The SMILES string of the molecule is CC(=O)OC[C@H]1C=CC[C@H](c2ccc(Cl)c(Cc3ccc(OS(=O)(=O)C(F)(F)F)cc3)c2)O1. The second-order valence-corrected chi connectivity index (χ2v) is 9.23. The topological polar surface area (TPSA) is 78.9 Å². The molecule has 0 fully saturated rings. The predicted octanol–water partition coefficient (Wildman–Crippen LogP) is 5.11. The van der Waals surface area contributed by atoms with Gasteiger partial charge < -0.3 is 13.7 Å². The number of carbonyl (C=O) groups excluding carboxylic acids is 1. The lowest BCUT2D eigenvalue weighted by atomic mass is 9.98. The van der Waals surface area contributed by atoms with Gasteiger partial charge in [0, 0.05) is 11.9 Å². The van der Waals surface area contributed by atoms with Gasteiger partial charge in [-0.2, -0.15) is 21.6 Å². The van der Waals surface area contributed by atoms with Gasteiger partial charge in [0.15, 0.2) is 0 Å². The van der Waals surface area contributed by atoms with E-state index in [1.165, 1.54) is 19.1 Å². The van der Waals surface area contributed by atoms with E-state index in [0.717, 1.165) is 23.3 Å². The van der Waals surface area contributed by atoms with E-state index in [1.807, 2.05) is 24.3 Å². The van der Waals surface area contributed by atoms with Crippen LogP contribution in [-0.2, 0) is 30.8 Å². The van der Waals surface area contributed by atoms with Crippen molar-refractivity contribution >= 4 is 27.7 Å². The number of carbonyl (C=O) groups is 1. The van der Waals surface area contributed by atoms with Crippen LogP contribution in [0, 0.1) is 0 Å². The Balaban J connectivity index is 1.70. The first-order chi connectivity index (χ1) is 15.4. The molecule has 0 saturated heterocycles. The first-order valence-corrected chi connectivity index (χ1v) is 11.6. The molecule has 1 aliphatic rings. The molecule has 6 nitrogen and oxygen atoms in total. The number of esters is 1. The fourth-order valence-electron chi connectivity index (χ4n) is 3.16. The van der Waals surface area contributed by atoms with E-state index in [1.54, 1.807) is 6.07 Å². The molecule has 0 aromatic heterocycles. The zero-order valence-electron chi connectivity index (χ0n) is 17.3.